The molecule has 2 N–H and O–H groups in total. The van der Waals surface area contributed by atoms with Crippen LogP contribution in [-0.2, 0) is 17.9 Å². The molecule has 0 fully saturated rings. The largest absolute Gasteiger partial charge is 0.352 e. The van der Waals surface area contributed by atoms with Crippen LogP contribution in [0.5, 0.6) is 0 Å². The molecule has 0 spiro atoms. The predicted octanol–water partition coefficient (Wildman–Crippen LogP) is 3.61. The minimum absolute atomic E-state index is 0.0232. The first-order valence-corrected chi connectivity index (χ1v) is 9.45. The number of nitrogens with one attached hydrogen (secondary N) is 2. The van der Waals surface area contributed by atoms with Gasteiger partial charge in [-0.3, -0.25) is 14.2 Å². The van der Waals surface area contributed by atoms with Crippen LogP contribution in [0.4, 0.5) is 0 Å². The Morgan fingerprint density at radius 2 is 2.00 bits per heavy atom. The highest BCUT2D eigenvalue weighted by atomic mass is 32.1. The second-order valence-corrected chi connectivity index (χ2v) is 7.07. The van der Waals surface area contributed by atoms with Crippen molar-refractivity contribution in [2.45, 2.75) is 32.4 Å². The average Bonchev–Trinajstić information content (AvgIpc) is 3.08. The second-order valence-electron chi connectivity index (χ2n) is 5.77. The van der Waals surface area contributed by atoms with Gasteiger partial charge in [-0.1, -0.05) is 30.3 Å². The van der Waals surface area contributed by atoms with E-state index >= 15 is 0 Å². The molecule has 7 heteroatoms. The van der Waals surface area contributed by atoms with E-state index in [1.165, 1.54) is 11.3 Å². The summed E-state index contributed by atoms with van der Waals surface area (Å²) in [5, 5.41) is 4.78. The number of benzene rings is 1. The number of unbranched alkanes of at least 4 members (excludes halogenated alkanes) is 1. The summed E-state index contributed by atoms with van der Waals surface area (Å²) in [6.07, 6.45) is 1.89. The van der Waals surface area contributed by atoms with Crippen LogP contribution in [0.2, 0.25) is 0 Å². The van der Waals surface area contributed by atoms with Crippen molar-refractivity contribution in [1.82, 2.24) is 14.9 Å². The van der Waals surface area contributed by atoms with Crippen LogP contribution >= 0.6 is 23.6 Å². The summed E-state index contributed by atoms with van der Waals surface area (Å²) >= 11 is 6.67. The molecule has 2 aromatic heterocycles. The highest BCUT2D eigenvalue weighted by Crippen LogP contribution is 2.14. The Kier molecular flexibility index (Phi) is 5.78. The Morgan fingerprint density at radius 3 is 2.80 bits per heavy atom. The molecule has 0 unspecified atom stereocenters. The van der Waals surface area contributed by atoms with Crippen molar-refractivity contribution < 1.29 is 4.79 Å². The Balaban J connectivity index is 1.48. The molecule has 0 bridgehead atoms. The first-order valence-electron chi connectivity index (χ1n) is 8.16. The minimum atomic E-state index is -0.0534. The first kappa shape index (κ1) is 17.6. The fourth-order valence-electron chi connectivity index (χ4n) is 2.61. The van der Waals surface area contributed by atoms with Gasteiger partial charge >= 0.3 is 0 Å². The van der Waals surface area contributed by atoms with E-state index in [4.69, 9.17) is 12.2 Å². The van der Waals surface area contributed by atoms with Crippen molar-refractivity contribution in [3.05, 3.63) is 62.5 Å². The summed E-state index contributed by atoms with van der Waals surface area (Å²) in [6, 6.07) is 11.7. The number of amides is 1. The molecule has 0 aliphatic carbocycles. The third-order valence-electron chi connectivity index (χ3n) is 3.96. The van der Waals surface area contributed by atoms with Crippen molar-refractivity contribution in [1.29, 1.82) is 0 Å². The van der Waals surface area contributed by atoms with Crippen LogP contribution in [0.15, 0.2) is 46.6 Å². The van der Waals surface area contributed by atoms with Gasteiger partial charge in [-0.05, 0) is 42.1 Å². The fourth-order valence-corrected chi connectivity index (χ4v) is 3.70. The van der Waals surface area contributed by atoms with Gasteiger partial charge in [-0.2, -0.15) is 0 Å². The lowest BCUT2D eigenvalue weighted by atomic mass is 10.2. The number of H-pyrrole nitrogens is 1. The smallest absolute Gasteiger partial charge is 0.272 e. The Morgan fingerprint density at radius 1 is 1.20 bits per heavy atom. The topological polar surface area (TPSA) is 66.9 Å². The van der Waals surface area contributed by atoms with E-state index in [0.29, 0.717) is 35.4 Å². The molecule has 0 aliphatic rings. The van der Waals surface area contributed by atoms with Gasteiger partial charge in [-0.25, -0.2) is 0 Å². The molecule has 3 rings (SSSR count). The van der Waals surface area contributed by atoms with Gasteiger partial charge in [0.25, 0.3) is 5.56 Å². The number of hydrogen-bond acceptors (Lipinski definition) is 4. The molecule has 25 heavy (non-hydrogen) atoms. The Bertz CT molecular complexity index is 973. The monoisotopic (exact) mass is 373 g/mol. The lowest BCUT2D eigenvalue weighted by Crippen LogP contribution is -2.23. The molecule has 0 saturated heterocycles. The van der Waals surface area contributed by atoms with E-state index in [9.17, 15) is 9.59 Å². The van der Waals surface area contributed by atoms with Gasteiger partial charge in [0.2, 0.25) is 5.91 Å². The van der Waals surface area contributed by atoms with Gasteiger partial charge in [-0.15, -0.1) is 11.3 Å². The maximum absolute atomic E-state index is 12.4. The fraction of sp³-hybridized carbons (Fsp3) is 0.278. The summed E-state index contributed by atoms with van der Waals surface area (Å²) in [6.45, 7) is 1.06. The molecule has 1 aromatic carbocycles. The average molecular weight is 374 g/mol. The zero-order valence-corrected chi connectivity index (χ0v) is 15.3. The normalized spacial score (nSPS) is 10.9. The zero-order chi connectivity index (χ0) is 17.6. The van der Waals surface area contributed by atoms with E-state index in [1.807, 2.05) is 41.8 Å². The number of aromatic nitrogens is 2. The SMILES string of the molecule is O=C(CCCCn1c(=S)[nH]c2ccsc2c1=O)NCc1ccccc1. The van der Waals surface area contributed by atoms with E-state index in [-0.39, 0.29) is 11.5 Å². The molecule has 3 aromatic rings. The van der Waals surface area contributed by atoms with Crippen molar-refractivity contribution in [3.63, 3.8) is 0 Å². The molecule has 0 saturated carbocycles. The molecule has 0 aliphatic heterocycles. The van der Waals surface area contributed by atoms with Crippen molar-refractivity contribution >= 4 is 39.7 Å². The van der Waals surface area contributed by atoms with Gasteiger partial charge in [0, 0.05) is 19.5 Å². The van der Waals surface area contributed by atoms with Crippen molar-refractivity contribution in [3.8, 4) is 0 Å². The Hall–Kier alpha value is -2.25. The van der Waals surface area contributed by atoms with E-state index in [1.54, 1.807) is 4.57 Å². The third-order valence-corrected chi connectivity index (χ3v) is 5.18. The molecule has 130 valence electrons. The number of aromatic amines is 1. The maximum atomic E-state index is 12.4. The number of rotatable bonds is 7. The lowest BCUT2D eigenvalue weighted by molar-refractivity contribution is -0.121. The molecule has 5 nitrogen and oxygen atoms in total. The number of carbonyl (C=O) groups excluding carboxylic acids is 1. The number of carbonyl (C=O) groups is 1. The van der Waals surface area contributed by atoms with E-state index < -0.39 is 0 Å². The number of nitrogens with zero attached hydrogens (tertiary/aromatic N) is 1. The van der Waals surface area contributed by atoms with Crippen LogP contribution in [0, 0.1) is 4.77 Å². The lowest BCUT2D eigenvalue weighted by Gasteiger charge is -2.07. The van der Waals surface area contributed by atoms with Crippen LogP contribution in [-0.4, -0.2) is 15.5 Å². The molecule has 2 heterocycles. The van der Waals surface area contributed by atoms with Crippen LogP contribution in [0.25, 0.3) is 10.2 Å². The zero-order valence-electron chi connectivity index (χ0n) is 13.7. The summed E-state index contributed by atoms with van der Waals surface area (Å²) < 4.78 is 2.70. The highest BCUT2D eigenvalue weighted by molar-refractivity contribution is 7.71. The van der Waals surface area contributed by atoms with Gasteiger partial charge in [0.05, 0.1) is 5.52 Å². The third kappa shape index (κ3) is 4.43. The molecule has 1 amide bonds. The summed E-state index contributed by atoms with van der Waals surface area (Å²) in [5.74, 6) is 0.0232. The van der Waals surface area contributed by atoms with Gasteiger partial charge in [0.1, 0.15) is 4.70 Å². The number of thiophene rings is 1. The van der Waals surface area contributed by atoms with Gasteiger partial charge < -0.3 is 10.3 Å². The number of hydrogen-bond donors (Lipinski definition) is 2. The number of fused-ring (bicyclic) bond motifs is 1. The van der Waals surface area contributed by atoms with Crippen LogP contribution in [0.3, 0.4) is 0 Å². The van der Waals surface area contributed by atoms with Crippen molar-refractivity contribution in [2.75, 3.05) is 0 Å². The summed E-state index contributed by atoms with van der Waals surface area (Å²) in [7, 11) is 0. The first-order chi connectivity index (χ1) is 12.1. The predicted molar refractivity (Wildman–Crippen MR) is 103 cm³/mol. The quantitative estimate of drug-likeness (QED) is 0.491. The molecular weight excluding hydrogens is 354 g/mol. The summed E-state index contributed by atoms with van der Waals surface area (Å²) in [4.78, 5) is 27.4. The molecular formula is C18H19N3O2S2. The van der Waals surface area contributed by atoms with Gasteiger partial charge in [0.15, 0.2) is 4.77 Å². The van der Waals surface area contributed by atoms with Crippen molar-refractivity contribution in [2.24, 2.45) is 0 Å². The van der Waals surface area contributed by atoms with Crippen LogP contribution < -0.4 is 10.9 Å². The Labute approximate surface area is 154 Å². The van der Waals surface area contributed by atoms with Crippen LogP contribution in [0.1, 0.15) is 24.8 Å². The van der Waals surface area contributed by atoms with E-state index in [2.05, 4.69) is 10.3 Å². The highest BCUT2D eigenvalue weighted by Gasteiger charge is 2.07. The minimum Gasteiger partial charge on any atom is -0.352 e. The standard InChI is InChI=1S/C18H19N3O2S2/c22-15(19-12-13-6-2-1-3-7-13)8-4-5-10-21-17(23)16-14(9-11-25-16)20-18(21)24/h1-3,6-7,9,11H,4-5,8,10,12H2,(H,19,22)(H,20,24). The molecule has 0 radical (unpaired) electrons. The second kappa shape index (κ2) is 8.22. The maximum Gasteiger partial charge on any atom is 0.272 e. The summed E-state index contributed by atoms with van der Waals surface area (Å²) in [5.41, 5.74) is 1.82. The van der Waals surface area contributed by atoms with E-state index in [0.717, 1.165) is 17.5 Å². The molecule has 0 atom stereocenters.